The zero-order valence-electron chi connectivity index (χ0n) is 7.83. The summed E-state index contributed by atoms with van der Waals surface area (Å²) in [4.78, 5) is 3.92. The fourth-order valence-electron chi connectivity index (χ4n) is 1.39. The van der Waals surface area contributed by atoms with Crippen molar-refractivity contribution >= 4 is 0 Å². The van der Waals surface area contributed by atoms with Crippen LogP contribution in [0.25, 0.3) is 0 Å². The third-order valence-electron chi connectivity index (χ3n) is 2.43. The van der Waals surface area contributed by atoms with Crippen LogP contribution in [0.1, 0.15) is 36.1 Å². The first-order valence-electron chi connectivity index (χ1n) is 4.69. The van der Waals surface area contributed by atoms with Crippen molar-refractivity contribution in [1.29, 1.82) is 0 Å². The standard InChI is InChI=1S/C10H10F3NO/c11-10(12,13)9(15)7-3-4-8(14-5-7)6-1-2-6/h3-6,9,15H,1-2H2. The molecule has 0 saturated heterocycles. The minimum absolute atomic E-state index is 0.202. The Morgan fingerprint density at radius 3 is 2.40 bits per heavy atom. The largest absolute Gasteiger partial charge is 0.418 e. The highest BCUT2D eigenvalue weighted by atomic mass is 19.4. The van der Waals surface area contributed by atoms with E-state index in [9.17, 15) is 13.2 Å². The molecule has 0 aliphatic heterocycles. The SMILES string of the molecule is OC(c1ccc(C2CC2)nc1)C(F)(F)F. The fraction of sp³-hybridized carbons (Fsp3) is 0.500. The average molecular weight is 217 g/mol. The van der Waals surface area contributed by atoms with Gasteiger partial charge < -0.3 is 5.11 Å². The lowest BCUT2D eigenvalue weighted by Crippen LogP contribution is -2.20. The summed E-state index contributed by atoms with van der Waals surface area (Å²) in [6.07, 6.45) is -3.85. The predicted octanol–water partition coefficient (Wildman–Crippen LogP) is 2.55. The number of alkyl halides is 3. The lowest BCUT2D eigenvalue weighted by atomic mass is 10.1. The number of hydrogen-bond acceptors (Lipinski definition) is 2. The van der Waals surface area contributed by atoms with Crippen LogP contribution in [0.5, 0.6) is 0 Å². The molecular formula is C10H10F3NO. The van der Waals surface area contributed by atoms with Gasteiger partial charge in [0.1, 0.15) is 0 Å². The van der Waals surface area contributed by atoms with E-state index in [2.05, 4.69) is 4.98 Å². The van der Waals surface area contributed by atoms with Crippen molar-refractivity contribution in [2.45, 2.75) is 31.0 Å². The second kappa shape index (κ2) is 3.48. The van der Waals surface area contributed by atoms with Crippen molar-refractivity contribution in [2.24, 2.45) is 0 Å². The minimum atomic E-state index is -4.62. The Kier molecular flexibility index (Phi) is 2.42. The maximum Gasteiger partial charge on any atom is 0.418 e. The van der Waals surface area contributed by atoms with Crippen LogP contribution in [0.15, 0.2) is 18.3 Å². The molecule has 0 amide bonds. The van der Waals surface area contributed by atoms with Crippen LogP contribution in [0, 0.1) is 0 Å². The fourth-order valence-corrected chi connectivity index (χ4v) is 1.39. The number of pyridine rings is 1. The summed E-state index contributed by atoms with van der Waals surface area (Å²) in [5.41, 5.74) is 0.611. The third kappa shape index (κ3) is 2.28. The lowest BCUT2D eigenvalue weighted by molar-refractivity contribution is -0.206. The molecule has 0 aromatic carbocycles. The molecule has 1 heterocycles. The highest BCUT2D eigenvalue weighted by Gasteiger charge is 2.39. The smallest absolute Gasteiger partial charge is 0.379 e. The van der Waals surface area contributed by atoms with Gasteiger partial charge in [0, 0.05) is 23.4 Å². The summed E-state index contributed by atoms with van der Waals surface area (Å²) in [7, 11) is 0. The maximum atomic E-state index is 12.1. The maximum absolute atomic E-state index is 12.1. The highest BCUT2D eigenvalue weighted by molar-refractivity contribution is 5.22. The Hall–Kier alpha value is -1.10. The van der Waals surface area contributed by atoms with Gasteiger partial charge in [-0.05, 0) is 18.9 Å². The molecule has 15 heavy (non-hydrogen) atoms. The van der Waals surface area contributed by atoms with Gasteiger partial charge in [0.15, 0.2) is 6.10 Å². The zero-order valence-corrected chi connectivity index (χ0v) is 7.83. The third-order valence-corrected chi connectivity index (χ3v) is 2.43. The van der Waals surface area contributed by atoms with E-state index >= 15 is 0 Å². The number of nitrogens with zero attached hydrogens (tertiary/aromatic N) is 1. The average Bonchev–Trinajstić information content (AvgIpc) is 2.99. The Labute approximate surface area is 84.8 Å². The Morgan fingerprint density at radius 2 is 2.00 bits per heavy atom. The Balaban J connectivity index is 2.15. The lowest BCUT2D eigenvalue weighted by Gasteiger charge is -2.14. The molecule has 1 aromatic heterocycles. The van der Waals surface area contributed by atoms with Gasteiger partial charge in [-0.3, -0.25) is 4.98 Å². The minimum Gasteiger partial charge on any atom is -0.379 e. The summed E-state index contributed by atoms with van der Waals surface area (Å²) in [5, 5.41) is 8.94. The second-order valence-electron chi connectivity index (χ2n) is 3.73. The van der Waals surface area contributed by atoms with Crippen molar-refractivity contribution < 1.29 is 18.3 Å². The number of rotatable bonds is 2. The highest BCUT2D eigenvalue weighted by Crippen LogP contribution is 2.39. The quantitative estimate of drug-likeness (QED) is 0.825. The molecule has 0 bridgehead atoms. The van der Waals surface area contributed by atoms with Gasteiger partial charge >= 0.3 is 6.18 Å². The van der Waals surface area contributed by atoms with Crippen molar-refractivity contribution in [3.63, 3.8) is 0 Å². The molecule has 1 aliphatic carbocycles. The van der Waals surface area contributed by atoms with Crippen LogP contribution in [0.3, 0.4) is 0 Å². The van der Waals surface area contributed by atoms with Crippen molar-refractivity contribution in [3.05, 3.63) is 29.6 Å². The van der Waals surface area contributed by atoms with Gasteiger partial charge in [-0.15, -0.1) is 0 Å². The summed E-state index contributed by atoms with van der Waals surface area (Å²) in [5.74, 6) is 0.405. The van der Waals surface area contributed by atoms with Crippen LogP contribution in [-0.2, 0) is 0 Å². The molecule has 0 radical (unpaired) electrons. The molecule has 2 rings (SSSR count). The summed E-state index contributed by atoms with van der Waals surface area (Å²) in [6.45, 7) is 0. The number of aromatic nitrogens is 1. The van der Waals surface area contributed by atoms with Gasteiger partial charge in [-0.25, -0.2) is 0 Å². The summed E-state index contributed by atoms with van der Waals surface area (Å²) < 4.78 is 36.4. The van der Waals surface area contributed by atoms with E-state index in [0.717, 1.165) is 24.7 Å². The van der Waals surface area contributed by atoms with Crippen molar-refractivity contribution in [1.82, 2.24) is 4.98 Å². The van der Waals surface area contributed by atoms with E-state index in [1.165, 1.54) is 6.07 Å². The first-order chi connectivity index (χ1) is 6.98. The van der Waals surface area contributed by atoms with E-state index in [0.29, 0.717) is 5.92 Å². The summed E-state index contributed by atoms with van der Waals surface area (Å²) in [6, 6.07) is 2.85. The van der Waals surface area contributed by atoms with E-state index in [1.807, 2.05) is 0 Å². The van der Waals surface area contributed by atoms with Crippen LogP contribution < -0.4 is 0 Å². The van der Waals surface area contributed by atoms with E-state index in [-0.39, 0.29) is 5.56 Å². The molecule has 5 heteroatoms. The molecule has 1 fully saturated rings. The van der Waals surface area contributed by atoms with Crippen molar-refractivity contribution in [2.75, 3.05) is 0 Å². The molecule has 1 atom stereocenters. The Morgan fingerprint density at radius 1 is 1.33 bits per heavy atom. The van der Waals surface area contributed by atoms with E-state index in [1.54, 1.807) is 6.07 Å². The second-order valence-corrected chi connectivity index (χ2v) is 3.73. The van der Waals surface area contributed by atoms with Gasteiger partial charge in [-0.2, -0.15) is 13.2 Å². The molecule has 1 aromatic rings. The van der Waals surface area contributed by atoms with Crippen LogP contribution >= 0.6 is 0 Å². The summed E-state index contributed by atoms with van der Waals surface area (Å²) >= 11 is 0. The van der Waals surface area contributed by atoms with E-state index < -0.39 is 12.3 Å². The molecule has 2 nitrogen and oxygen atoms in total. The van der Waals surface area contributed by atoms with Crippen LogP contribution in [0.2, 0.25) is 0 Å². The number of aliphatic hydroxyl groups is 1. The number of hydrogen-bond donors (Lipinski definition) is 1. The molecule has 1 aliphatic rings. The van der Waals surface area contributed by atoms with Gasteiger partial charge in [0.2, 0.25) is 0 Å². The molecule has 82 valence electrons. The van der Waals surface area contributed by atoms with Crippen LogP contribution in [0.4, 0.5) is 13.2 Å². The molecule has 1 unspecified atom stereocenters. The van der Waals surface area contributed by atoms with Crippen LogP contribution in [-0.4, -0.2) is 16.3 Å². The van der Waals surface area contributed by atoms with Gasteiger partial charge in [-0.1, -0.05) is 6.07 Å². The molecule has 1 N–H and O–H groups in total. The van der Waals surface area contributed by atoms with Crippen molar-refractivity contribution in [3.8, 4) is 0 Å². The first kappa shape index (κ1) is 10.4. The molecular weight excluding hydrogens is 207 g/mol. The molecule has 0 spiro atoms. The first-order valence-corrected chi connectivity index (χ1v) is 4.69. The number of aliphatic hydroxyl groups excluding tert-OH is 1. The van der Waals surface area contributed by atoms with E-state index in [4.69, 9.17) is 5.11 Å². The Bertz CT molecular complexity index is 343. The van der Waals surface area contributed by atoms with Gasteiger partial charge in [0.25, 0.3) is 0 Å². The van der Waals surface area contributed by atoms with Gasteiger partial charge in [0.05, 0.1) is 0 Å². The topological polar surface area (TPSA) is 33.1 Å². The predicted molar refractivity (Wildman–Crippen MR) is 47.2 cm³/mol. The monoisotopic (exact) mass is 217 g/mol. The zero-order chi connectivity index (χ0) is 11.1. The molecule has 1 saturated carbocycles. The normalized spacial score (nSPS) is 18.9. The number of halogens is 3.